The molecule has 2 rings (SSSR count). The van der Waals surface area contributed by atoms with Gasteiger partial charge in [0.25, 0.3) is 0 Å². The summed E-state index contributed by atoms with van der Waals surface area (Å²) in [6.07, 6.45) is 3.83. The molecule has 0 unspecified atom stereocenters. The van der Waals surface area contributed by atoms with Crippen molar-refractivity contribution in [3.05, 3.63) is 40.3 Å². The SMILES string of the molecule is CN=C(NCc1cnn(C)c1)NCc1cccs1.I. The van der Waals surface area contributed by atoms with Gasteiger partial charge in [0, 0.05) is 37.3 Å². The molecule has 2 aromatic heterocycles. The Hall–Kier alpha value is -1.09. The Bertz CT molecular complexity index is 506. The third-order valence-corrected chi connectivity index (χ3v) is 3.33. The van der Waals surface area contributed by atoms with E-state index >= 15 is 0 Å². The van der Waals surface area contributed by atoms with Crippen molar-refractivity contribution >= 4 is 41.3 Å². The molecule has 0 spiro atoms. The molecule has 0 aliphatic rings. The second kappa shape index (κ2) is 8.16. The molecule has 0 aliphatic carbocycles. The van der Waals surface area contributed by atoms with E-state index in [1.165, 1.54) is 4.88 Å². The van der Waals surface area contributed by atoms with Gasteiger partial charge >= 0.3 is 0 Å². The molecule has 19 heavy (non-hydrogen) atoms. The minimum absolute atomic E-state index is 0. The van der Waals surface area contributed by atoms with Crippen molar-refractivity contribution in [3.63, 3.8) is 0 Å². The standard InChI is InChI=1S/C12H17N5S.HI/c1-13-12(15-8-11-4-3-5-18-11)14-6-10-7-16-17(2)9-10;/h3-5,7,9H,6,8H2,1-2H3,(H2,13,14,15);1H. The van der Waals surface area contributed by atoms with E-state index in [4.69, 9.17) is 0 Å². The second-order valence-electron chi connectivity index (χ2n) is 3.88. The Kier molecular flexibility index (Phi) is 6.85. The minimum Gasteiger partial charge on any atom is -0.352 e. The quantitative estimate of drug-likeness (QED) is 0.476. The lowest BCUT2D eigenvalue weighted by atomic mass is 10.4. The Labute approximate surface area is 134 Å². The maximum absolute atomic E-state index is 4.18. The maximum atomic E-state index is 4.18. The van der Waals surface area contributed by atoms with Crippen LogP contribution in [-0.2, 0) is 20.1 Å². The fourth-order valence-electron chi connectivity index (χ4n) is 1.55. The van der Waals surface area contributed by atoms with Crippen molar-refractivity contribution in [2.24, 2.45) is 12.0 Å². The predicted octanol–water partition coefficient (Wildman–Crippen LogP) is 1.96. The van der Waals surface area contributed by atoms with Crippen LogP contribution in [-0.4, -0.2) is 22.8 Å². The van der Waals surface area contributed by atoms with Gasteiger partial charge in [-0.3, -0.25) is 9.67 Å². The number of thiophene rings is 1. The molecule has 0 atom stereocenters. The molecule has 0 aromatic carbocycles. The Morgan fingerprint density at radius 2 is 2.21 bits per heavy atom. The van der Waals surface area contributed by atoms with Crippen molar-refractivity contribution in [2.45, 2.75) is 13.1 Å². The van der Waals surface area contributed by atoms with E-state index < -0.39 is 0 Å². The zero-order valence-electron chi connectivity index (χ0n) is 11.0. The summed E-state index contributed by atoms with van der Waals surface area (Å²) >= 11 is 1.73. The summed E-state index contributed by atoms with van der Waals surface area (Å²) in [5.74, 6) is 0.798. The number of halogens is 1. The average molecular weight is 391 g/mol. The fourth-order valence-corrected chi connectivity index (χ4v) is 2.20. The molecule has 0 amide bonds. The number of rotatable bonds is 4. The van der Waals surface area contributed by atoms with Crippen LogP contribution < -0.4 is 10.6 Å². The van der Waals surface area contributed by atoms with Gasteiger partial charge in [-0.25, -0.2) is 0 Å². The molecule has 7 heteroatoms. The monoisotopic (exact) mass is 391 g/mol. The highest BCUT2D eigenvalue weighted by molar-refractivity contribution is 14.0. The Balaban J connectivity index is 0.00000180. The third-order valence-electron chi connectivity index (χ3n) is 2.45. The summed E-state index contributed by atoms with van der Waals surface area (Å²) < 4.78 is 1.79. The topological polar surface area (TPSA) is 54.2 Å². The van der Waals surface area contributed by atoms with Gasteiger partial charge in [-0.15, -0.1) is 35.3 Å². The molecule has 104 valence electrons. The summed E-state index contributed by atoms with van der Waals surface area (Å²) in [6, 6.07) is 4.15. The molecule has 2 aromatic rings. The number of nitrogens with one attached hydrogen (secondary N) is 2. The molecule has 2 heterocycles. The summed E-state index contributed by atoms with van der Waals surface area (Å²) in [6.45, 7) is 1.52. The van der Waals surface area contributed by atoms with Crippen LogP contribution in [0.4, 0.5) is 0 Å². The van der Waals surface area contributed by atoms with Gasteiger partial charge in [0.1, 0.15) is 0 Å². The van der Waals surface area contributed by atoms with E-state index in [2.05, 4.69) is 32.2 Å². The van der Waals surface area contributed by atoms with Gasteiger partial charge in [0.2, 0.25) is 0 Å². The van der Waals surface area contributed by atoms with Crippen molar-refractivity contribution in [3.8, 4) is 0 Å². The Morgan fingerprint density at radius 3 is 2.79 bits per heavy atom. The highest BCUT2D eigenvalue weighted by atomic mass is 127. The van der Waals surface area contributed by atoms with Gasteiger partial charge in [-0.05, 0) is 11.4 Å². The lowest BCUT2D eigenvalue weighted by Gasteiger charge is -2.10. The van der Waals surface area contributed by atoms with Crippen molar-refractivity contribution < 1.29 is 0 Å². The van der Waals surface area contributed by atoms with Gasteiger partial charge in [-0.1, -0.05) is 6.07 Å². The van der Waals surface area contributed by atoms with E-state index in [0.717, 1.165) is 24.6 Å². The van der Waals surface area contributed by atoms with Gasteiger partial charge in [0.05, 0.1) is 12.7 Å². The number of aliphatic imine (C=N–C) groups is 1. The molecule has 0 saturated heterocycles. The number of hydrogen-bond acceptors (Lipinski definition) is 3. The number of aromatic nitrogens is 2. The van der Waals surface area contributed by atoms with Crippen LogP contribution in [0, 0.1) is 0 Å². The molecule has 0 aliphatic heterocycles. The van der Waals surface area contributed by atoms with Crippen LogP contribution in [0.3, 0.4) is 0 Å². The Morgan fingerprint density at radius 1 is 1.42 bits per heavy atom. The van der Waals surface area contributed by atoms with Gasteiger partial charge in [0.15, 0.2) is 5.96 Å². The van der Waals surface area contributed by atoms with E-state index in [1.54, 1.807) is 23.1 Å². The summed E-state index contributed by atoms with van der Waals surface area (Å²) in [4.78, 5) is 5.47. The van der Waals surface area contributed by atoms with Crippen molar-refractivity contribution in [1.29, 1.82) is 0 Å². The van der Waals surface area contributed by atoms with Gasteiger partial charge in [-0.2, -0.15) is 5.10 Å². The largest absolute Gasteiger partial charge is 0.352 e. The highest BCUT2D eigenvalue weighted by Crippen LogP contribution is 2.07. The molecule has 0 bridgehead atoms. The molecular weight excluding hydrogens is 373 g/mol. The first-order chi connectivity index (χ1) is 8.78. The number of hydrogen-bond donors (Lipinski definition) is 2. The zero-order chi connectivity index (χ0) is 12.8. The summed E-state index contributed by atoms with van der Waals surface area (Å²) in [5, 5.41) is 12.7. The van der Waals surface area contributed by atoms with Gasteiger partial charge < -0.3 is 10.6 Å². The molecular formula is C12H18IN5S. The predicted molar refractivity (Wildman–Crippen MR) is 90.0 cm³/mol. The van der Waals surface area contributed by atoms with Crippen LogP contribution in [0.15, 0.2) is 34.9 Å². The first-order valence-electron chi connectivity index (χ1n) is 5.72. The zero-order valence-corrected chi connectivity index (χ0v) is 14.1. The highest BCUT2D eigenvalue weighted by Gasteiger charge is 2.00. The molecule has 2 N–H and O–H groups in total. The van der Waals surface area contributed by atoms with Crippen LogP contribution in [0.1, 0.15) is 10.4 Å². The van der Waals surface area contributed by atoms with Crippen LogP contribution in [0.25, 0.3) is 0 Å². The first kappa shape index (κ1) is 16.0. The number of aryl methyl sites for hydroxylation is 1. The van der Waals surface area contributed by atoms with E-state index in [0.29, 0.717) is 0 Å². The van der Waals surface area contributed by atoms with E-state index in [-0.39, 0.29) is 24.0 Å². The first-order valence-corrected chi connectivity index (χ1v) is 6.60. The molecule has 0 fully saturated rings. The normalized spacial score (nSPS) is 10.9. The van der Waals surface area contributed by atoms with E-state index in [9.17, 15) is 0 Å². The smallest absolute Gasteiger partial charge is 0.191 e. The summed E-state index contributed by atoms with van der Waals surface area (Å²) in [5.41, 5.74) is 1.14. The average Bonchev–Trinajstić information content (AvgIpc) is 3.01. The van der Waals surface area contributed by atoms with Crippen LogP contribution in [0.2, 0.25) is 0 Å². The van der Waals surface area contributed by atoms with E-state index in [1.807, 2.05) is 25.5 Å². The van der Waals surface area contributed by atoms with Crippen molar-refractivity contribution in [1.82, 2.24) is 20.4 Å². The summed E-state index contributed by atoms with van der Waals surface area (Å²) in [7, 11) is 3.68. The minimum atomic E-state index is 0. The fraction of sp³-hybridized carbons (Fsp3) is 0.333. The molecule has 0 saturated carbocycles. The number of nitrogens with zero attached hydrogens (tertiary/aromatic N) is 3. The maximum Gasteiger partial charge on any atom is 0.191 e. The molecule has 0 radical (unpaired) electrons. The van der Waals surface area contributed by atoms with Crippen LogP contribution >= 0.6 is 35.3 Å². The lowest BCUT2D eigenvalue weighted by molar-refractivity contribution is 0.765. The van der Waals surface area contributed by atoms with Crippen molar-refractivity contribution in [2.75, 3.05) is 7.05 Å². The molecule has 5 nitrogen and oxygen atoms in total. The second-order valence-corrected chi connectivity index (χ2v) is 4.91. The lowest BCUT2D eigenvalue weighted by Crippen LogP contribution is -2.36. The third kappa shape index (κ3) is 5.19. The number of guanidine groups is 1. The van der Waals surface area contributed by atoms with Crippen LogP contribution in [0.5, 0.6) is 0 Å².